The van der Waals surface area contributed by atoms with Gasteiger partial charge in [0.05, 0.1) is 35.1 Å². The molecule has 1 amide bonds. The van der Waals surface area contributed by atoms with E-state index in [1.165, 1.54) is 12.5 Å². The van der Waals surface area contributed by atoms with E-state index in [0.29, 0.717) is 46.3 Å². The number of benzene rings is 3. The number of aromatic amines is 1. The number of piperidine rings is 1. The number of ether oxygens (including phenoxy) is 2. The van der Waals surface area contributed by atoms with Crippen molar-refractivity contribution in [1.29, 1.82) is 0 Å². The Morgan fingerprint density at radius 2 is 1.90 bits per heavy atom. The third-order valence-electron chi connectivity index (χ3n) is 9.41. The highest BCUT2D eigenvalue weighted by molar-refractivity contribution is 6.30. The molecular formula is C40H45ClFN7O3. The molecule has 1 atom stereocenters. The van der Waals surface area contributed by atoms with Gasteiger partial charge in [-0.25, -0.2) is 14.4 Å². The predicted octanol–water partition coefficient (Wildman–Crippen LogP) is 8.38. The lowest BCUT2D eigenvalue weighted by Crippen LogP contribution is -2.33. The van der Waals surface area contributed by atoms with E-state index in [4.69, 9.17) is 31.0 Å². The molecular weight excluding hydrogens is 681 g/mol. The zero-order chi connectivity index (χ0) is 36.6. The number of imidazole rings is 1. The van der Waals surface area contributed by atoms with Gasteiger partial charge in [-0.2, -0.15) is 0 Å². The number of hydrogen-bond donors (Lipinski definition) is 3. The molecule has 0 radical (unpaired) electrons. The number of pyridine rings is 1. The molecule has 52 heavy (non-hydrogen) atoms. The Labute approximate surface area is 309 Å². The van der Waals surface area contributed by atoms with E-state index in [1.807, 2.05) is 61.5 Å². The first-order chi connectivity index (χ1) is 25.2. The number of anilines is 3. The Kier molecular flexibility index (Phi) is 12.1. The molecule has 0 spiro atoms. The van der Waals surface area contributed by atoms with E-state index in [0.717, 1.165) is 66.5 Å². The van der Waals surface area contributed by atoms with Crippen molar-refractivity contribution in [3.05, 3.63) is 119 Å². The molecule has 3 N–H and O–H groups in total. The molecule has 2 fully saturated rings. The molecule has 2 aromatic heterocycles. The quantitative estimate of drug-likeness (QED) is 0.125. The lowest BCUT2D eigenvalue weighted by molar-refractivity contribution is -0.0375. The lowest BCUT2D eigenvalue weighted by Gasteiger charge is -2.31. The summed E-state index contributed by atoms with van der Waals surface area (Å²) in [5.74, 6) is 1.05. The van der Waals surface area contributed by atoms with E-state index in [2.05, 4.69) is 34.0 Å². The van der Waals surface area contributed by atoms with Crippen LogP contribution in [0.2, 0.25) is 5.02 Å². The maximum atomic E-state index is 14.1. The number of H-pyrrole nitrogens is 1. The molecule has 2 saturated heterocycles. The van der Waals surface area contributed by atoms with Crippen molar-refractivity contribution < 1.29 is 18.7 Å². The average molecular weight is 726 g/mol. The molecule has 0 bridgehead atoms. The molecule has 0 unspecified atom stereocenters. The third-order valence-corrected chi connectivity index (χ3v) is 9.65. The van der Waals surface area contributed by atoms with E-state index < -0.39 is 5.82 Å². The Bertz CT molecular complexity index is 2010. The van der Waals surface area contributed by atoms with E-state index in [-0.39, 0.29) is 12.5 Å². The lowest BCUT2D eigenvalue weighted by atomic mass is 9.93. The van der Waals surface area contributed by atoms with Crippen LogP contribution in [-0.4, -0.2) is 65.7 Å². The molecule has 10 nitrogen and oxygen atoms in total. The molecule has 4 heterocycles. The first-order valence-electron chi connectivity index (χ1n) is 17.5. The number of hydrogen-bond acceptors (Lipinski definition) is 8. The molecule has 5 aromatic rings. The number of fused-ring (bicyclic) bond motifs is 1. The van der Waals surface area contributed by atoms with Crippen molar-refractivity contribution in [3.63, 3.8) is 0 Å². The molecule has 0 saturated carbocycles. The van der Waals surface area contributed by atoms with Gasteiger partial charge >= 0.3 is 0 Å². The molecule has 3 aromatic carbocycles. The minimum absolute atomic E-state index is 0.0844. The molecule has 7 rings (SSSR count). The average Bonchev–Trinajstić information content (AvgIpc) is 3.55. The number of amides is 1. The minimum atomic E-state index is -0.394. The van der Waals surface area contributed by atoms with Crippen LogP contribution in [-0.2, 0) is 17.9 Å². The standard InChI is InChI=1S/C36H37ClFN7O2.C4H8O/c1-4-44(3)33-20-27(11-13-31(33)39-2)40-36(46)24-9-12-30-32(18-24)42-34(41-30)21-45-16-14-23(15-17-45)29-6-5-7-35(43-29)47-22-25-8-10-26(37)19-28(25)38;1-4-2-3-5-4/h4-13,18-20,23,39H,1,14-17,21-22H2,2-3H3,(H,40,46)(H,41,42);4H,2-3H2,1H3/t;4-/m.1/s1. The largest absolute Gasteiger partial charge is 0.473 e. The summed E-state index contributed by atoms with van der Waals surface area (Å²) in [5.41, 5.74) is 6.12. The molecule has 12 heteroatoms. The summed E-state index contributed by atoms with van der Waals surface area (Å²) in [6, 6.07) is 21.5. The smallest absolute Gasteiger partial charge is 0.255 e. The first-order valence-corrected chi connectivity index (χ1v) is 17.9. The fraction of sp³-hybridized carbons (Fsp3) is 0.325. The summed E-state index contributed by atoms with van der Waals surface area (Å²) in [6.45, 7) is 9.47. The maximum Gasteiger partial charge on any atom is 0.255 e. The summed E-state index contributed by atoms with van der Waals surface area (Å²) < 4.78 is 24.9. The minimum Gasteiger partial charge on any atom is -0.473 e. The van der Waals surface area contributed by atoms with Crippen molar-refractivity contribution in [2.24, 2.45) is 0 Å². The number of nitrogens with zero attached hydrogens (tertiary/aromatic N) is 4. The zero-order valence-electron chi connectivity index (χ0n) is 29.8. The van der Waals surface area contributed by atoms with Crippen LogP contribution in [0.5, 0.6) is 5.88 Å². The summed E-state index contributed by atoms with van der Waals surface area (Å²) in [6.07, 6.45) is 5.45. The first kappa shape index (κ1) is 36.8. The monoisotopic (exact) mass is 725 g/mol. The summed E-state index contributed by atoms with van der Waals surface area (Å²) in [7, 11) is 3.76. The van der Waals surface area contributed by atoms with Crippen LogP contribution in [0.3, 0.4) is 0 Å². The zero-order valence-corrected chi connectivity index (χ0v) is 30.5. The van der Waals surface area contributed by atoms with Crippen molar-refractivity contribution in [2.75, 3.05) is 49.3 Å². The summed E-state index contributed by atoms with van der Waals surface area (Å²) in [4.78, 5) is 30.3. The Balaban J connectivity index is 0.000000856. The maximum absolute atomic E-state index is 14.1. The topological polar surface area (TPSA) is 108 Å². The Hall–Kier alpha value is -4.97. The van der Waals surface area contributed by atoms with Crippen LogP contribution < -0.4 is 20.3 Å². The SMILES string of the molecule is C=CN(C)c1cc(NC(=O)c2ccc3nc(CN4CCC(c5cccc(OCc6ccc(Cl)cc6F)n5)CC4)[nH]c3c2)ccc1NC.C[C@@H]1CCO1. The van der Waals surface area contributed by atoms with Crippen molar-refractivity contribution in [1.82, 2.24) is 19.9 Å². The van der Waals surface area contributed by atoms with E-state index in [1.54, 1.807) is 30.5 Å². The van der Waals surface area contributed by atoms with Crippen LogP contribution in [0.1, 0.15) is 59.5 Å². The van der Waals surface area contributed by atoms with Crippen LogP contribution in [0.4, 0.5) is 21.5 Å². The highest BCUT2D eigenvalue weighted by atomic mass is 35.5. The highest BCUT2D eigenvalue weighted by Crippen LogP contribution is 2.30. The van der Waals surface area contributed by atoms with Crippen LogP contribution >= 0.6 is 11.6 Å². The third kappa shape index (κ3) is 9.27. The number of likely N-dealkylation sites (tertiary alicyclic amines) is 1. The second kappa shape index (κ2) is 17.0. The highest BCUT2D eigenvalue weighted by Gasteiger charge is 2.23. The number of carbonyl (C=O) groups excluding carboxylic acids is 1. The number of halogens is 2. The molecule has 2 aliphatic rings. The van der Waals surface area contributed by atoms with Crippen molar-refractivity contribution in [3.8, 4) is 5.88 Å². The van der Waals surface area contributed by atoms with Gasteiger partial charge in [0, 0.05) is 60.2 Å². The Morgan fingerprint density at radius 1 is 1.12 bits per heavy atom. The van der Waals surface area contributed by atoms with Gasteiger partial charge in [0.25, 0.3) is 5.91 Å². The van der Waals surface area contributed by atoms with Gasteiger partial charge in [0.2, 0.25) is 5.88 Å². The van der Waals surface area contributed by atoms with Crippen LogP contribution in [0.25, 0.3) is 11.0 Å². The van der Waals surface area contributed by atoms with Gasteiger partial charge < -0.3 is 30.0 Å². The number of rotatable bonds is 11. The van der Waals surface area contributed by atoms with Gasteiger partial charge in [-0.1, -0.05) is 30.3 Å². The van der Waals surface area contributed by atoms with Gasteiger partial charge in [0.1, 0.15) is 18.2 Å². The summed E-state index contributed by atoms with van der Waals surface area (Å²) in [5, 5.41) is 6.52. The Morgan fingerprint density at radius 3 is 2.60 bits per heavy atom. The van der Waals surface area contributed by atoms with Gasteiger partial charge in [0.15, 0.2) is 0 Å². The number of aromatic nitrogens is 3. The van der Waals surface area contributed by atoms with Crippen LogP contribution in [0.15, 0.2) is 85.6 Å². The van der Waals surface area contributed by atoms with Crippen molar-refractivity contribution >= 4 is 45.6 Å². The fourth-order valence-corrected chi connectivity index (χ4v) is 6.33. The number of carbonyl (C=O) groups is 1. The van der Waals surface area contributed by atoms with Gasteiger partial charge in [-0.3, -0.25) is 9.69 Å². The predicted molar refractivity (Wildman–Crippen MR) is 206 cm³/mol. The second-order valence-corrected chi connectivity index (χ2v) is 13.5. The fourth-order valence-electron chi connectivity index (χ4n) is 6.17. The van der Waals surface area contributed by atoms with Crippen molar-refractivity contribution in [2.45, 2.75) is 51.4 Å². The molecule has 2 aliphatic heterocycles. The number of nitrogens with one attached hydrogen (secondary N) is 3. The normalized spacial score (nSPS) is 16.0. The molecule has 272 valence electrons. The van der Waals surface area contributed by atoms with E-state index >= 15 is 0 Å². The van der Waals surface area contributed by atoms with Crippen LogP contribution in [0, 0.1) is 5.82 Å². The molecule has 0 aliphatic carbocycles. The summed E-state index contributed by atoms with van der Waals surface area (Å²) >= 11 is 5.85. The van der Waals surface area contributed by atoms with Gasteiger partial charge in [-0.15, -0.1) is 0 Å². The van der Waals surface area contributed by atoms with E-state index in [9.17, 15) is 9.18 Å². The van der Waals surface area contributed by atoms with Gasteiger partial charge in [-0.05, 0) is 100 Å². The second-order valence-electron chi connectivity index (χ2n) is 13.1.